The van der Waals surface area contributed by atoms with E-state index in [0.29, 0.717) is 24.6 Å². The summed E-state index contributed by atoms with van der Waals surface area (Å²) in [6.45, 7) is 6.66. The lowest BCUT2D eigenvalue weighted by Crippen LogP contribution is -2.51. The number of likely N-dealkylation sites (tertiary alicyclic amines) is 1. The van der Waals surface area contributed by atoms with Crippen molar-refractivity contribution in [2.75, 3.05) is 60.0 Å². The molecule has 0 atom stereocenters. The summed E-state index contributed by atoms with van der Waals surface area (Å²) in [6.07, 6.45) is 1.45. The zero-order valence-electron chi connectivity index (χ0n) is 17.1. The molecule has 2 saturated heterocycles. The molecule has 0 unspecified atom stereocenters. The van der Waals surface area contributed by atoms with E-state index < -0.39 is 0 Å². The van der Waals surface area contributed by atoms with E-state index in [1.807, 2.05) is 30.0 Å². The quantitative estimate of drug-likeness (QED) is 0.762. The van der Waals surface area contributed by atoms with E-state index in [1.54, 1.807) is 12.0 Å². The molecule has 0 radical (unpaired) electrons. The van der Waals surface area contributed by atoms with Crippen molar-refractivity contribution in [1.29, 1.82) is 0 Å². The summed E-state index contributed by atoms with van der Waals surface area (Å²) in [7, 11) is 3.67. The lowest BCUT2D eigenvalue weighted by Gasteiger charge is -2.37. The number of ether oxygens (including phenoxy) is 2. The van der Waals surface area contributed by atoms with Crippen LogP contribution in [0.5, 0.6) is 11.5 Å². The standard InChI is InChI=1S/C21H31N3O4/c1-16-4-5-18(19(14-16)27-3)28-15-20(25)23-8-6-17(7-9-23)21(26)24-12-10-22(2)11-13-24/h4-5,14,17H,6-13,15H2,1-3H3. The number of methoxy groups -OCH3 is 1. The van der Waals surface area contributed by atoms with Gasteiger partial charge in [-0.3, -0.25) is 9.59 Å². The van der Waals surface area contributed by atoms with Gasteiger partial charge in [-0.2, -0.15) is 0 Å². The number of aryl methyl sites for hydroxylation is 1. The average Bonchev–Trinajstić information content (AvgIpc) is 2.72. The molecule has 28 heavy (non-hydrogen) atoms. The summed E-state index contributed by atoms with van der Waals surface area (Å²) in [5.41, 5.74) is 1.07. The van der Waals surface area contributed by atoms with Crippen LogP contribution in [-0.2, 0) is 9.59 Å². The Balaban J connectivity index is 1.45. The molecular formula is C21H31N3O4. The van der Waals surface area contributed by atoms with Crippen LogP contribution in [0.25, 0.3) is 0 Å². The maximum Gasteiger partial charge on any atom is 0.260 e. The zero-order valence-corrected chi connectivity index (χ0v) is 17.1. The lowest BCUT2D eigenvalue weighted by molar-refractivity contribution is -0.142. The highest BCUT2D eigenvalue weighted by Gasteiger charge is 2.31. The Labute approximate surface area is 167 Å². The normalized spacial score (nSPS) is 18.8. The summed E-state index contributed by atoms with van der Waals surface area (Å²) in [6, 6.07) is 5.63. The number of nitrogens with zero attached hydrogens (tertiary/aromatic N) is 3. The third kappa shape index (κ3) is 4.95. The number of carbonyl (C=O) groups excluding carboxylic acids is 2. The second-order valence-corrected chi connectivity index (χ2v) is 7.73. The van der Waals surface area contributed by atoms with Crippen molar-refractivity contribution in [2.24, 2.45) is 5.92 Å². The first-order valence-corrected chi connectivity index (χ1v) is 10.0. The molecule has 7 nitrogen and oxygen atoms in total. The molecule has 2 aliphatic rings. The number of piperazine rings is 1. The van der Waals surface area contributed by atoms with Crippen molar-refractivity contribution in [3.63, 3.8) is 0 Å². The number of hydrogen-bond acceptors (Lipinski definition) is 5. The molecule has 0 bridgehead atoms. The number of likely N-dealkylation sites (N-methyl/N-ethyl adjacent to an activating group) is 1. The molecule has 1 aromatic rings. The molecular weight excluding hydrogens is 358 g/mol. The van der Waals surface area contributed by atoms with Gasteiger partial charge in [0.25, 0.3) is 5.91 Å². The van der Waals surface area contributed by atoms with Gasteiger partial charge in [-0.15, -0.1) is 0 Å². The molecule has 0 N–H and O–H groups in total. The van der Waals surface area contributed by atoms with Crippen molar-refractivity contribution in [2.45, 2.75) is 19.8 Å². The van der Waals surface area contributed by atoms with Crippen LogP contribution in [0.3, 0.4) is 0 Å². The number of amides is 2. The molecule has 2 heterocycles. The minimum Gasteiger partial charge on any atom is -0.493 e. The van der Waals surface area contributed by atoms with Crippen LogP contribution in [0.4, 0.5) is 0 Å². The van der Waals surface area contributed by atoms with E-state index in [1.165, 1.54) is 0 Å². The largest absolute Gasteiger partial charge is 0.493 e. The van der Waals surface area contributed by atoms with E-state index in [4.69, 9.17) is 9.47 Å². The molecule has 2 aliphatic heterocycles. The Bertz CT molecular complexity index is 693. The van der Waals surface area contributed by atoms with Crippen LogP contribution in [-0.4, -0.2) is 86.5 Å². The summed E-state index contributed by atoms with van der Waals surface area (Å²) in [4.78, 5) is 31.2. The molecule has 0 saturated carbocycles. The monoisotopic (exact) mass is 389 g/mol. The molecule has 2 amide bonds. The van der Waals surface area contributed by atoms with Crippen LogP contribution in [0.15, 0.2) is 18.2 Å². The van der Waals surface area contributed by atoms with Crippen molar-refractivity contribution >= 4 is 11.8 Å². The SMILES string of the molecule is COc1cc(C)ccc1OCC(=O)N1CCC(C(=O)N2CCN(C)CC2)CC1. The first-order valence-electron chi connectivity index (χ1n) is 10.0. The van der Waals surface area contributed by atoms with Crippen molar-refractivity contribution in [3.05, 3.63) is 23.8 Å². The van der Waals surface area contributed by atoms with Crippen molar-refractivity contribution in [1.82, 2.24) is 14.7 Å². The van der Waals surface area contributed by atoms with Gasteiger partial charge >= 0.3 is 0 Å². The molecule has 1 aromatic carbocycles. The predicted molar refractivity (Wildman–Crippen MR) is 107 cm³/mol. The average molecular weight is 389 g/mol. The molecule has 0 spiro atoms. The van der Waals surface area contributed by atoms with Gasteiger partial charge in [0.15, 0.2) is 18.1 Å². The molecule has 0 aromatic heterocycles. The summed E-state index contributed by atoms with van der Waals surface area (Å²) >= 11 is 0. The van der Waals surface area contributed by atoms with Crippen LogP contribution in [0.1, 0.15) is 18.4 Å². The highest BCUT2D eigenvalue weighted by Crippen LogP contribution is 2.28. The van der Waals surface area contributed by atoms with Gasteiger partial charge in [-0.1, -0.05) is 6.07 Å². The molecule has 0 aliphatic carbocycles. The lowest BCUT2D eigenvalue weighted by atomic mass is 9.95. The van der Waals surface area contributed by atoms with Crippen molar-refractivity contribution < 1.29 is 19.1 Å². The molecule has 2 fully saturated rings. The van der Waals surface area contributed by atoms with Gasteiger partial charge < -0.3 is 24.2 Å². The van der Waals surface area contributed by atoms with Gasteiger partial charge in [-0.05, 0) is 44.5 Å². The molecule has 154 valence electrons. The Hall–Kier alpha value is -2.28. The third-order valence-electron chi connectivity index (χ3n) is 5.68. The summed E-state index contributed by atoms with van der Waals surface area (Å²) in [5, 5.41) is 0. The summed E-state index contributed by atoms with van der Waals surface area (Å²) in [5.74, 6) is 1.44. The Morgan fingerprint density at radius 3 is 2.32 bits per heavy atom. The third-order valence-corrected chi connectivity index (χ3v) is 5.68. The smallest absolute Gasteiger partial charge is 0.260 e. The zero-order chi connectivity index (χ0) is 20.1. The van der Waals surface area contributed by atoms with Gasteiger partial charge in [0.1, 0.15) is 0 Å². The minimum atomic E-state index is -0.0480. The van der Waals surface area contributed by atoms with Gasteiger partial charge in [0.2, 0.25) is 5.91 Å². The van der Waals surface area contributed by atoms with Crippen LogP contribution >= 0.6 is 0 Å². The van der Waals surface area contributed by atoms with Crippen LogP contribution in [0.2, 0.25) is 0 Å². The van der Waals surface area contributed by atoms with E-state index in [-0.39, 0.29) is 24.3 Å². The highest BCUT2D eigenvalue weighted by atomic mass is 16.5. The first-order chi connectivity index (χ1) is 13.5. The fourth-order valence-electron chi connectivity index (χ4n) is 3.79. The maximum atomic E-state index is 12.7. The van der Waals surface area contributed by atoms with Crippen LogP contribution < -0.4 is 9.47 Å². The fraction of sp³-hybridized carbons (Fsp3) is 0.619. The van der Waals surface area contributed by atoms with Gasteiger partial charge in [0, 0.05) is 45.2 Å². The minimum absolute atomic E-state index is 0.0174. The molecule has 7 heteroatoms. The predicted octanol–water partition coefficient (Wildman–Crippen LogP) is 1.40. The second-order valence-electron chi connectivity index (χ2n) is 7.73. The first kappa shape index (κ1) is 20.5. The number of carbonyl (C=O) groups is 2. The fourth-order valence-corrected chi connectivity index (χ4v) is 3.79. The number of rotatable bonds is 5. The molecule has 3 rings (SSSR count). The Morgan fingerprint density at radius 1 is 1.00 bits per heavy atom. The Morgan fingerprint density at radius 2 is 1.68 bits per heavy atom. The maximum absolute atomic E-state index is 12.7. The highest BCUT2D eigenvalue weighted by molar-refractivity contribution is 5.81. The van der Waals surface area contributed by atoms with E-state index in [2.05, 4.69) is 11.9 Å². The van der Waals surface area contributed by atoms with Gasteiger partial charge in [-0.25, -0.2) is 0 Å². The van der Waals surface area contributed by atoms with Crippen molar-refractivity contribution in [3.8, 4) is 11.5 Å². The second kappa shape index (κ2) is 9.28. The number of benzene rings is 1. The Kier molecular flexibility index (Phi) is 6.78. The number of hydrogen-bond donors (Lipinski definition) is 0. The topological polar surface area (TPSA) is 62.3 Å². The van der Waals surface area contributed by atoms with E-state index >= 15 is 0 Å². The van der Waals surface area contributed by atoms with Gasteiger partial charge in [0.05, 0.1) is 7.11 Å². The van der Waals surface area contributed by atoms with E-state index in [9.17, 15) is 9.59 Å². The summed E-state index contributed by atoms with van der Waals surface area (Å²) < 4.78 is 11.0. The van der Waals surface area contributed by atoms with E-state index in [0.717, 1.165) is 44.6 Å². The van der Waals surface area contributed by atoms with Crippen LogP contribution in [0, 0.1) is 12.8 Å². The number of piperidine rings is 1.